The minimum absolute atomic E-state index is 0.276. The summed E-state index contributed by atoms with van der Waals surface area (Å²) in [7, 11) is 0. The third kappa shape index (κ3) is 7.29. The van der Waals surface area contributed by atoms with Gasteiger partial charge in [0.1, 0.15) is 18.1 Å². The van der Waals surface area contributed by atoms with E-state index < -0.39 is 11.9 Å². The maximum absolute atomic E-state index is 12.8. The molecule has 8 heteroatoms. The number of ether oxygens (including phenoxy) is 2. The monoisotopic (exact) mass is 576 g/mol. The summed E-state index contributed by atoms with van der Waals surface area (Å²) in [6, 6.07) is 26.4. The van der Waals surface area contributed by atoms with Crippen molar-refractivity contribution in [3.05, 3.63) is 128 Å². The predicted molar refractivity (Wildman–Crippen MR) is 148 cm³/mol. The SMILES string of the molecule is Cc1ccc(C(=O)Oc2ccc(Br)cc2/C=N/NC(=O)c2ccccc2OCc2ccc(Cl)cc2)cc1. The summed E-state index contributed by atoms with van der Waals surface area (Å²) in [5.41, 5.74) is 5.73. The number of hydrazone groups is 1. The van der Waals surface area contributed by atoms with Crippen molar-refractivity contribution in [1.29, 1.82) is 0 Å². The van der Waals surface area contributed by atoms with Gasteiger partial charge in [-0.05, 0) is 67.1 Å². The Hall–Kier alpha value is -3.94. The molecule has 0 unspecified atom stereocenters. The van der Waals surface area contributed by atoms with Gasteiger partial charge in [-0.2, -0.15) is 5.10 Å². The molecule has 0 aliphatic carbocycles. The third-order valence-electron chi connectivity index (χ3n) is 5.27. The maximum atomic E-state index is 12.8. The number of carbonyl (C=O) groups excluding carboxylic acids is 2. The molecule has 4 rings (SSSR count). The number of halogens is 2. The van der Waals surface area contributed by atoms with Gasteiger partial charge < -0.3 is 9.47 Å². The highest BCUT2D eigenvalue weighted by atomic mass is 79.9. The van der Waals surface area contributed by atoms with Crippen LogP contribution < -0.4 is 14.9 Å². The summed E-state index contributed by atoms with van der Waals surface area (Å²) >= 11 is 9.34. The number of esters is 1. The fourth-order valence-corrected chi connectivity index (χ4v) is 3.81. The van der Waals surface area contributed by atoms with E-state index in [0.29, 0.717) is 33.2 Å². The van der Waals surface area contributed by atoms with Crippen LogP contribution in [-0.4, -0.2) is 18.1 Å². The molecule has 1 amide bonds. The van der Waals surface area contributed by atoms with Crippen molar-refractivity contribution >= 4 is 45.6 Å². The van der Waals surface area contributed by atoms with Crippen LogP contribution in [0.3, 0.4) is 0 Å². The largest absolute Gasteiger partial charge is 0.488 e. The summed E-state index contributed by atoms with van der Waals surface area (Å²) < 4.78 is 12.2. The quantitative estimate of drug-likeness (QED) is 0.106. The molecule has 0 heterocycles. The summed E-state index contributed by atoms with van der Waals surface area (Å²) in [4.78, 5) is 25.4. The first-order chi connectivity index (χ1) is 17.9. The van der Waals surface area contributed by atoms with E-state index in [4.69, 9.17) is 21.1 Å². The zero-order valence-corrected chi connectivity index (χ0v) is 22.1. The number of hydrogen-bond acceptors (Lipinski definition) is 5. The molecule has 0 aromatic heterocycles. The van der Waals surface area contributed by atoms with E-state index in [-0.39, 0.29) is 6.61 Å². The number of rotatable bonds is 8. The first kappa shape index (κ1) is 26.1. The van der Waals surface area contributed by atoms with Crippen LogP contribution in [0.15, 0.2) is 101 Å². The van der Waals surface area contributed by atoms with Crippen LogP contribution in [0, 0.1) is 6.92 Å². The predicted octanol–water partition coefficient (Wildman–Crippen LogP) is 6.97. The number of amides is 1. The summed E-state index contributed by atoms with van der Waals surface area (Å²) in [5.74, 6) is -0.220. The lowest BCUT2D eigenvalue weighted by Gasteiger charge is -2.11. The molecule has 0 aliphatic heterocycles. The molecule has 4 aromatic carbocycles. The van der Waals surface area contributed by atoms with Gasteiger partial charge in [0, 0.05) is 15.1 Å². The highest BCUT2D eigenvalue weighted by Crippen LogP contribution is 2.23. The molecule has 186 valence electrons. The Morgan fingerprint density at radius 1 is 0.946 bits per heavy atom. The minimum Gasteiger partial charge on any atom is -0.488 e. The van der Waals surface area contributed by atoms with Gasteiger partial charge in [0.15, 0.2) is 0 Å². The van der Waals surface area contributed by atoms with Crippen molar-refractivity contribution in [1.82, 2.24) is 5.43 Å². The second-order valence-electron chi connectivity index (χ2n) is 8.05. The highest BCUT2D eigenvalue weighted by molar-refractivity contribution is 9.10. The van der Waals surface area contributed by atoms with Crippen LogP contribution in [0.1, 0.15) is 37.4 Å². The Kier molecular flexibility index (Phi) is 8.72. The standard InChI is InChI=1S/C29H22BrClN2O4/c1-19-6-10-21(11-7-19)29(35)37-26-15-12-23(30)16-22(26)17-32-33-28(34)25-4-2-3-5-27(25)36-18-20-8-13-24(31)14-9-20/h2-17H,18H2,1H3,(H,33,34)/b32-17+. The van der Waals surface area contributed by atoms with Crippen molar-refractivity contribution in [2.24, 2.45) is 5.10 Å². The van der Waals surface area contributed by atoms with Crippen molar-refractivity contribution in [2.45, 2.75) is 13.5 Å². The molecule has 1 N–H and O–H groups in total. The zero-order chi connectivity index (χ0) is 26.2. The molecule has 0 radical (unpaired) electrons. The Labute approximate surface area is 228 Å². The Balaban J connectivity index is 1.44. The fraction of sp³-hybridized carbons (Fsp3) is 0.0690. The molecular formula is C29H22BrClN2O4. The molecule has 0 spiro atoms. The maximum Gasteiger partial charge on any atom is 0.343 e. The third-order valence-corrected chi connectivity index (χ3v) is 6.02. The second-order valence-corrected chi connectivity index (χ2v) is 9.40. The van der Waals surface area contributed by atoms with Crippen molar-refractivity contribution in [3.63, 3.8) is 0 Å². The number of aryl methyl sites for hydroxylation is 1. The molecule has 0 bridgehead atoms. The van der Waals surface area contributed by atoms with Crippen LogP contribution >= 0.6 is 27.5 Å². The molecule has 0 fully saturated rings. The van der Waals surface area contributed by atoms with Gasteiger partial charge in [-0.15, -0.1) is 0 Å². The van der Waals surface area contributed by atoms with Crippen LogP contribution in [0.4, 0.5) is 0 Å². The number of benzene rings is 4. The van der Waals surface area contributed by atoms with Gasteiger partial charge in [-0.1, -0.05) is 69.5 Å². The zero-order valence-electron chi connectivity index (χ0n) is 19.8. The van der Waals surface area contributed by atoms with E-state index >= 15 is 0 Å². The van der Waals surface area contributed by atoms with Crippen LogP contribution in [-0.2, 0) is 6.61 Å². The average Bonchev–Trinajstić information content (AvgIpc) is 2.90. The lowest BCUT2D eigenvalue weighted by atomic mass is 10.1. The Morgan fingerprint density at radius 3 is 2.43 bits per heavy atom. The molecular weight excluding hydrogens is 556 g/mol. The summed E-state index contributed by atoms with van der Waals surface area (Å²) in [6.07, 6.45) is 1.41. The van der Waals surface area contributed by atoms with E-state index in [1.165, 1.54) is 6.21 Å². The van der Waals surface area contributed by atoms with E-state index in [9.17, 15) is 9.59 Å². The Bertz CT molecular complexity index is 1440. The van der Waals surface area contributed by atoms with Crippen molar-refractivity contribution in [2.75, 3.05) is 0 Å². The lowest BCUT2D eigenvalue weighted by Crippen LogP contribution is -2.19. The van der Waals surface area contributed by atoms with Crippen molar-refractivity contribution < 1.29 is 19.1 Å². The van der Waals surface area contributed by atoms with Gasteiger partial charge in [0.2, 0.25) is 0 Å². The van der Waals surface area contributed by atoms with Crippen LogP contribution in [0.5, 0.6) is 11.5 Å². The highest BCUT2D eigenvalue weighted by Gasteiger charge is 2.13. The van der Waals surface area contributed by atoms with E-state index in [1.54, 1.807) is 66.7 Å². The molecule has 0 atom stereocenters. The van der Waals surface area contributed by atoms with Crippen molar-refractivity contribution in [3.8, 4) is 11.5 Å². The number of nitrogens with zero attached hydrogens (tertiary/aromatic N) is 1. The first-order valence-corrected chi connectivity index (χ1v) is 12.4. The molecule has 0 saturated carbocycles. The van der Waals surface area contributed by atoms with Gasteiger partial charge in [-0.25, -0.2) is 10.2 Å². The molecule has 0 saturated heterocycles. The number of carbonyl (C=O) groups is 2. The van der Waals surface area contributed by atoms with Gasteiger partial charge in [0.05, 0.1) is 17.3 Å². The van der Waals surface area contributed by atoms with Crippen LogP contribution in [0.25, 0.3) is 0 Å². The Morgan fingerprint density at radius 2 is 1.68 bits per heavy atom. The van der Waals surface area contributed by atoms with E-state index in [2.05, 4.69) is 26.5 Å². The first-order valence-electron chi connectivity index (χ1n) is 11.3. The number of para-hydroxylation sites is 1. The summed E-state index contributed by atoms with van der Waals surface area (Å²) in [5, 5.41) is 4.71. The average molecular weight is 578 g/mol. The molecule has 37 heavy (non-hydrogen) atoms. The fourth-order valence-electron chi connectivity index (χ4n) is 3.30. The second kappa shape index (κ2) is 12.3. The molecule has 0 aliphatic rings. The van der Waals surface area contributed by atoms with Gasteiger partial charge in [-0.3, -0.25) is 4.79 Å². The normalized spacial score (nSPS) is 10.8. The van der Waals surface area contributed by atoms with Gasteiger partial charge >= 0.3 is 5.97 Å². The number of hydrogen-bond donors (Lipinski definition) is 1. The van der Waals surface area contributed by atoms with Gasteiger partial charge in [0.25, 0.3) is 5.91 Å². The van der Waals surface area contributed by atoms with E-state index in [0.717, 1.165) is 15.6 Å². The number of nitrogens with one attached hydrogen (secondary N) is 1. The molecule has 6 nitrogen and oxygen atoms in total. The minimum atomic E-state index is -0.493. The van der Waals surface area contributed by atoms with E-state index in [1.807, 2.05) is 31.2 Å². The lowest BCUT2D eigenvalue weighted by molar-refractivity contribution is 0.0734. The van der Waals surface area contributed by atoms with Crippen LogP contribution in [0.2, 0.25) is 5.02 Å². The topological polar surface area (TPSA) is 77.0 Å². The summed E-state index contributed by atoms with van der Waals surface area (Å²) in [6.45, 7) is 2.22. The molecule has 4 aromatic rings. The smallest absolute Gasteiger partial charge is 0.343 e.